The molecule has 0 saturated heterocycles. The third-order valence-electron chi connectivity index (χ3n) is 2.65. The minimum atomic E-state index is -4.60. The van der Waals surface area contributed by atoms with Crippen LogP contribution < -0.4 is 5.32 Å². The zero-order valence-corrected chi connectivity index (χ0v) is 13.8. The highest BCUT2D eigenvalue weighted by Crippen LogP contribution is 2.31. The molecular weight excluding hydrogens is 376 g/mol. The van der Waals surface area contributed by atoms with Crippen LogP contribution in [0, 0.1) is 0 Å². The van der Waals surface area contributed by atoms with Crippen LogP contribution in [-0.4, -0.2) is 26.4 Å². The summed E-state index contributed by atoms with van der Waals surface area (Å²) in [7, 11) is 1.17. The Morgan fingerprint density at radius 3 is 2.43 bits per heavy atom. The van der Waals surface area contributed by atoms with Crippen molar-refractivity contribution in [3.63, 3.8) is 0 Å². The van der Waals surface area contributed by atoms with Crippen molar-refractivity contribution in [1.82, 2.24) is 14.8 Å². The number of nitrogens with one attached hydrogen (secondary N) is 1. The molecule has 1 N–H and O–H groups in total. The number of thioether (sulfide) groups is 1. The first-order valence-corrected chi connectivity index (χ1v) is 7.77. The van der Waals surface area contributed by atoms with Crippen LogP contribution in [0.3, 0.4) is 0 Å². The quantitative estimate of drug-likeness (QED) is 0.812. The average molecular weight is 385 g/mol. The Labute approximate surface area is 143 Å². The van der Waals surface area contributed by atoms with E-state index in [1.54, 1.807) is 18.2 Å². The molecule has 0 bridgehead atoms. The lowest BCUT2D eigenvalue weighted by molar-refractivity contribution is -0.147. The molecule has 2 rings (SSSR count). The summed E-state index contributed by atoms with van der Waals surface area (Å²) in [6, 6.07) is 4.72. The van der Waals surface area contributed by atoms with E-state index < -0.39 is 17.9 Å². The van der Waals surface area contributed by atoms with Crippen LogP contribution in [0.15, 0.2) is 23.4 Å². The molecule has 11 heteroatoms. The number of hydrogen-bond donors (Lipinski definition) is 1. The number of amides is 1. The Morgan fingerprint density at radius 2 is 1.91 bits per heavy atom. The maximum absolute atomic E-state index is 12.6. The molecule has 0 spiro atoms. The third kappa shape index (κ3) is 4.30. The molecule has 1 aromatic carbocycles. The Bertz CT molecular complexity index is 715. The van der Waals surface area contributed by atoms with Crippen molar-refractivity contribution in [2.75, 3.05) is 11.1 Å². The van der Waals surface area contributed by atoms with Gasteiger partial charge in [0, 0.05) is 7.05 Å². The van der Waals surface area contributed by atoms with Gasteiger partial charge in [-0.3, -0.25) is 4.79 Å². The summed E-state index contributed by atoms with van der Waals surface area (Å²) in [5.74, 6) is -1.79. The van der Waals surface area contributed by atoms with Crippen LogP contribution in [0.5, 0.6) is 0 Å². The van der Waals surface area contributed by atoms with Crippen LogP contribution in [-0.2, 0) is 18.0 Å². The first-order valence-electron chi connectivity index (χ1n) is 6.03. The first kappa shape index (κ1) is 17.9. The highest BCUT2D eigenvalue weighted by atomic mass is 35.5. The van der Waals surface area contributed by atoms with Crippen molar-refractivity contribution in [3.8, 4) is 0 Å². The zero-order chi connectivity index (χ0) is 17.2. The molecule has 0 aliphatic rings. The van der Waals surface area contributed by atoms with Gasteiger partial charge in [-0.2, -0.15) is 13.2 Å². The minimum Gasteiger partial charge on any atom is -0.323 e. The van der Waals surface area contributed by atoms with E-state index in [2.05, 4.69) is 15.5 Å². The topological polar surface area (TPSA) is 59.8 Å². The Hall–Kier alpha value is -1.45. The second-order valence-corrected chi connectivity index (χ2v) is 6.05. The number of carbonyl (C=O) groups is 1. The van der Waals surface area contributed by atoms with Gasteiger partial charge in [-0.1, -0.05) is 41.0 Å². The molecule has 0 atom stereocenters. The molecule has 0 radical (unpaired) electrons. The van der Waals surface area contributed by atoms with Gasteiger partial charge in [0.15, 0.2) is 5.16 Å². The van der Waals surface area contributed by atoms with E-state index in [1.807, 2.05) is 0 Å². The summed E-state index contributed by atoms with van der Waals surface area (Å²) in [6.45, 7) is 0. The molecule has 1 aromatic heterocycles. The predicted molar refractivity (Wildman–Crippen MR) is 81.8 cm³/mol. The summed E-state index contributed by atoms with van der Waals surface area (Å²) in [4.78, 5) is 11.9. The maximum atomic E-state index is 12.6. The monoisotopic (exact) mass is 384 g/mol. The lowest BCUT2D eigenvalue weighted by atomic mass is 10.3. The van der Waals surface area contributed by atoms with Crippen LogP contribution in [0.4, 0.5) is 18.9 Å². The molecule has 1 heterocycles. The number of benzene rings is 1. The first-order chi connectivity index (χ1) is 10.7. The smallest absolute Gasteiger partial charge is 0.323 e. The normalized spacial score (nSPS) is 11.6. The molecule has 2 aromatic rings. The summed E-state index contributed by atoms with van der Waals surface area (Å²) >= 11 is 12.6. The van der Waals surface area contributed by atoms with Gasteiger partial charge in [0.2, 0.25) is 11.7 Å². The van der Waals surface area contributed by atoms with Gasteiger partial charge in [0.25, 0.3) is 0 Å². The van der Waals surface area contributed by atoms with E-state index in [4.69, 9.17) is 23.2 Å². The number of halogens is 5. The van der Waals surface area contributed by atoms with Gasteiger partial charge >= 0.3 is 6.18 Å². The molecule has 0 unspecified atom stereocenters. The highest BCUT2D eigenvalue weighted by molar-refractivity contribution is 7.99. The lowest BCUT2D eigenvalue weighted by Crippen LogP contribution is -2.16. The summed E-state index contributed by atoms with van der Waals surface area (Å²) < 4.78 is 38.6. The summed E-state index contributed by atoms with van der Waals surface area (Å²) in [5, 5.41) is 9.48. The van der Waals surface area contributed by atoms with Gasteiger partial charge in [-0.15, -0.1) is 10.2 Å². The fourth-order valence-corrected chi connectivity index (χ4v) is 2.81. The number of carbonyl (C=O) groups excluding carboxylic acids is 1. The van der Waals surface area contributed by atoms with Crippen molar-refractivity contribution in [3.05, 3.63) is 34.1 Å². The fourth-order valence-electron chi connectivity index (χ4n) is 1.61. The predicted octanol–water partition coefficient (Wildman–Crippen LogP) is 3.87. The second-order valence-electron chi connectivity index (χ2n) is 4.30. The van der Waals surface area contributed by atoms with E-state index in [1.165, 1.54) is 7.05 Å². The number of para-hydroxylation sites is 1. The van der Waals surface area contributed by atoms with Crippen LogP contribution in [0.25, 0.3) is 0 Å². The Kier molecular flexibility index (Phi) is 5.43. The van der Waals surface area contributed by atoms with Crippen molar-refractivity contribution in [2.24, 2.45) is 7.05 Å². The van der Waals surface area contributed by atoms with Gasteiger partial charge in [0.05, 0.1) is 21.5 Å². The number of hydrogen-bond acceptors (Lipinski definition) is 4. The van der Waals surface area contributed by atoms with Crippen LogP contribution in [0.2, 0.25) is 10.0 Å². The molecule has 0 aliphatic heterocycles. The Morgan fingerprint density at radius 1 is 1.30 bits per heavy atom. The number of anilines is 1. The van der Waals surface area contributed by atoms with Gasteiger partial charge in [-0.05, 0) is 12.1 Å². The van der Waals surface area contributed by atoms with Gasteiger partial charge < -0.3 is 9.88 Å². The minimum absolute atomic E-state index is 0.0299. The molecule has 0 aliphatic carbocycles. The van der Waals surface area contributed by atoms with E-state index in [-0.39, 0.29) is 26.6 Å². The average Bonchev–Trinajstić information content (AvgIpc) is 2.82. The number of aromatic nitrogens is 3. The standard InChI is InChI=1S/C12H9Cl2F3N4OS/c1-21-10(12(15,16)17)19-20-11(21)23-5-8(22)18-9-6(13)3-2-4-7(9)14/h2-4H,5H2,1H3,(H,18,22). The highest BCUT2D eigenvalue weighted by Gasteiger charge is 2.37. The second kappa shape index (κ2) is 6.98. The van der Waals surface area contributed by atoms with Crippen LogP contribution >= 0.6 is 35.0 Å². The fraction of sp³-hybridized carbons (Fsp3) is 0.250. The number of nitrogens with zero attached hydrogens (tertiary/aromatic N) is 3. The largest absolute Gasteiger partial charge is 0.451 e. The van der Waals surface area contributed by atoms with E-state index in [0.717, 1.165) is 16.3 Å². The molecular formula is C12H9Cl2F3N4OS. The maximum Gasteiger partial charge on any atom is 0.451 e. The summed E-state index contributed by atoms with van der Waals surface area (Å²) in [6.07, 6.45) is -4.60. The van der Waals surface area contributed by atoms with Crippen molar-refractivity contribution >= 4 is 46.6 Å². The van der Waals surface area contributed by atoms with Gasteiger partial charge in [-0.25, -0.2) is 0 Å². The molecule has 124 valence electrons. The number of alkyl halides is 3. The van der Waals surface area contributed by atoms with Crippen molar-refractivity contribution in [1.29, 1.82) is 0 Å². The molecule has 1 amide bonds. The summed E-state index contributed by atoms with van der Waals surface area (Å²) in [5.41, 5.74) is 0.246. The lowest BCUT2D eigenvalue weighted by Gasteiger charge is -2.09. The third-order valence-corrected chi connectivity index (χ3v) is 4.30. The molecule has 0 saturated carbocycles. The number of rotatable bonds is 4. The zero-order valence-electron chi connectivity index (χ0n) is 11.5. The van der Waals surface area contributed by atoms with Gasteiger partial charge in [0.1, 0.15) is 0 Å². The SMILES string of the molecule is Cn1c(SCC(=O)Nc2c(Cl)cccc2Cl)nnc1C(F)(F)F. The van der Waals surface area contributed by atoms with Crippen LogP contribution in [0.1, 0.15) is 5.82 Å². The van der Waals surface area contributed by atoms with E-state index >= 15 is 0 Å². The van der Waals surface area contributed by atoms with Crippen molar-refractivity contribution < 1.29 is 18.0 Å². The van der Waals surface area contributed by atoms with E-state index in [9.17, 15) is 18.0 Å². The molecule has 0 fully saturated rings. The molecule has 23 heavy (non-hydrogen) atoms. The molecule has 5 nitrogen and oxygen atoms in total. The van der Waals surface area contributed by atoms with E-state index in [0.29, 0.717) is 0 Å². The van der Waals surface area contributed by atoms with Crippen molar-refractivity contribution in [2.45, 2.75) is 11.3 Å². The Balaban J connectivity index is 2.02.